The minimum absolute atomic E-state index is 0.785. The number of ether oxygens (including phenoxy) is 1. The molecule has 0 spiro atoms. The molecule has 1 fully saturated rings. The lowest BCUT2D eigenvalue weighted by molar-refractivity contribution is 0.0720. The van der Waals surface area contributed by atoms with Crippen molar-refractivity contribution in [2.24, 2.45) is 17.8 Å². The molecule has 2 heteroatoms. The summed E-state index contributed by atoms with van der Waals surface area (Å²) in [6.45, 7) is 4.41. The maximum atomic E-state index is 5.36. The molecule has 0 aromatic rings. The Labute approximate surface area is 94.8 Å². The fourth-order valence-corrected chi connectivity index (χ4v) is 3.04. The van der Waals surface area contributed by atoms with E-state index < -0.39 is 0 Å². The van der Waals surface area contributed by atoms with Crippen LogP contribution in [0.3, 0.4) is 0 Å². The Morgan fingerprint density at radius 1 is 1.27 bits per heavy atom. The van der Waals surface area contributed by atoms with Crippen molar-refractivity contribution >= 4 is 0 Å². The van der Waals surface area contributed by atoms with Crippen molar-refractivity contribution in [2.45, 2.75) is 39.0 Å². The molecule has 1 aliphatic rings. The average Bonchev–Trinajstić information content (AvgIpc) is 2.23. The predicted molar refractivity (Wildman–Crippen MR) is 65.0 cm³/mol. The highest BCUT2D eigenvalue weighted by atomic mass is 16.5. The second-order valence-electron chi connectivity index (χ2n) is 5.00. The Kier molecular flexibility index (Phi) is 6.26. The van der Waals surface area contributed by atoms with Gasteiger partial charge in [-0.3, -0.25) is 0 Å². The Bertz CT molecular complexity index is 161. The van der Waals surface area contributed by atoms with Gasteiger partial charge in [0.25, 0.3) is 0 Å². The Morgan fingerprint density at radius 3 is 2.67 bits per heavy atom. The molecule has 3 unspecified atom stereocenters. The van der Waals surface area contributed by atoms with Crippen LogP contribution in [0.25, 0.3) is 0 Å². The molecular weight excluding hydrogens is 186 g/mol. The number of rotatable bonds is 6. The van der Waals surface area contributed by atoms with Crippen molar-refractivity contribution in [1.82, 2.24) is 5.32 Å². The van der Waals surface area contributed by atoms with Gasteiger partial charge in [0.2, 0.25) is 0 Å². The van der Waals surface area contributed by atoms with Gasteiger partial charge in [-0.05, 0) is 44.2 Å². The SMILES string of the molecule is CCCC1CCC(CNC)C(COC)C1. The maximum Gasteiger partial charge on any atom is 0.0493 e. The van der Waals surface area contributed by atoms with E-state index in [1.54, 1.807) is 0 Å². The summed E-state index contributed by atoms with van der Waals surface area (Å²) in [6, 6.07) is 0. The lowest BCUT2D eigenvalue weighted by Gasteiger charge is -2.35. The van der Waals surface area contributed by atoms with E-state index in [-0.39, 0.29) is 0 Å². The standard InChI is InChI=1S/C13H27NO/c1-4-5-11-6-7-12(9-14-2)13(8-11)10-15-3/h11-14H,4-10H2,1-3H3. The predicted octanol–water partition coefficient (Wildman–Crippen LogP) is 2.68. The molecule has 0 saturated heterocycles. The smallest absolute Gasteiger partial charge is 0.0493 e. The van der Waals surface area contributed by atoms with E-state index in [4.69, 9.17) is 4.74 Å². The number of methoxy groups -OCH3 is 1. The van der Waals surface area contributed by atoms with E-state index in [1.807, 2.05) is 7.11 Å². The van der Waals surface area contributed by atoms with Crippen LogP contribution in [0, 0.1) is 17.8 Å². The van der Waals surface area contributed by atoms with Crippen molar-refractivity contribution in [2.75, 3.05) is 27.3 Å². The van der Waals surface area contributed by atoms with Crippen LogP contribution >= 0.6 is 0 Å². The zero-order chi connectivity index (χ0) is 11.1. The van der Waals surface area contributed by atoms with Gasteiger partial charge in [-0.15, -0.1) is 0 Å². The van der Waals surface area contributed by atoms with Gasteiger partial charge in [-0.2, -0.15) is 0 Å². The zero-order valence-corrected chi connectivity index (χ0v) is 10.6. The lowest BCUT2D eigenvalue weighted by Crippen LogP contribution is -2.34. The third-order valence-corrected chi connectivity index (χ3v) is 3.79. The molecule has 0 bridgehead atoms. The molecular formula is C13H27NO. The second kappa shape index (κ2) is 7.24. The minimum Gasteiger partial charge on any atom is -0.384 e. The van der Waals surface area contributed by atoms with Crippen molar-refractivity contribution in [3.8, 4) is 0 Å². The summed E-state index contributed by atoms with van der Waals surface area (Å²) >= 11 is 0. The van der Waals surface area contributed by atoms with Gasteiger partial charge >= 0.3 is 0 Å². The zero-order valence-electron chi connectivity index (χ0n) is 10.6. The molecule has 1 N–H and O–H groups in total. The molecule has 0 heterocycles. The molecule has 90 valence electrons. The number of hydrogen-bond acceptors (Lipinski definition) is 2. The van der Waals surface area contributed by atoms with E-state index >= 15 is 0 Å². The Hall–Kier alpha value is -0.0800. The fraction of sp³-hybridized carbons (Fsp3) is 1.00. The van der Waals surface area contributed by atoms with Crippen LogP contribution in [-0.4, -0.2) is 27.3 Å². The van der Waals surface area contributed by atoms with E-state index in [2.05, 4.69) is 19.3 Å². The van der Waals surface area contributed by atoms with Gasteiger partial charge < -0.3 is 10.1 Å². The Balaban J connectivity index is 2.41. The van der Waals surface area contributed by atoms with Gasteiger partial charge in [-0.1, -0.05) is 26.2 Å². The van der Waals surface area contributed by atoms with Crippen LogP contribution in [0.5, 0.6) is 0 Å². The van der Waals surface area contributed by atoms with Crippen LogP contribution in [0.1, 0.15) is 39.0 Å². The fourth-order valence-electron chi connectivity index (χ4n) is 3.04. The van der Waals surface area contributed by atoms with Gasteiger partial charge in [-0.25, -0.2) is 0 Å². The number of nitrogens with one attached hydrogen (secondary N) is 1. The van der Waals surface area contributed by atoms with E-state index in [1.165, 1.54) is 32.1 Å². The third kappa shape index (κ3) is 4.12. The molecule has 0 aromatic carbocycles. The highest BCUT2D eigenvalue weighted by Gasteiger charge is 2.29. The molecule has 3 atom stereocenters. The molecule has 0 amide bonds. The monoisotopic (exact) mass is 213 g/mol. The third-order valence-electron chi connectivity index (χ3n) is 3.79. The first-order valence-electron chi connectivity index (χ1n) is 6.45. The largest absolute Gasteiger partial charge is 0.384 e. The van der Waals surface area contributed by atoms with Crippen molar-refractivity contribution in [3.05, 3.63) is 0 Å². The van der Waals surface area contributed by atoms with E-state index in [0.717, 1.165) is 30.9 Å². The van der Waals surface area contributed by atoms with Crippen molar-refractivity contribution in [3.63, 3.8) is 0 Å². The van der Waals surface area contributed by atoms with Crippen LogP contribution in [0.4, 0.5) is 0 Å². The average molecular weight is 213 g/mol. The summed E-state index contributed by atoms with van der Waals surface area (Å²) in [5, 5.41) is 3.32. The van der Waals surface area contributed by atoms with Crippen LogP contribution in [0.2, 0.25) is 0 Å². The highest BCUT2D eigenvalue weighted by Crippen LogP contribution is 2.35. The van der Waals surface area contributed by atoms with Gasteiger partial charge in [0.15, 0.2) is 0 Å². The second-order valence-corrected chi connectivity index (χ2v) is 5.00. The van der Waals surface area contributed by atoms with Gasteiger partial charge in [0.05, 0.1) is 0 Å². The molecule has 15 heavy (non-hydrogen) atoms. The van der Waals surface area contributed by atoms with Crippen molar-refractivity contribution in [1.29, 1.82) is 0 Å². The molecule has 0 aliphatic heterocycles. The lowest BCUT2D eigenvalue weighted by atomic mass is 9.73. The molecule has 2 nitrogen and oxygen atoms in total. The molecule has 1 saturated carbocycles. The van der Waals surface area contributed by atoms with Gasteiger partial charge in [0, 0.05) is 13.7 Å². The molecule has 1 rings (SSSR count). The first-order chi connectivity index (χ1) is 7.31. The summed E-state index contributed by atoms with van der Waals surface area (Å²) in [7, 11) is 3.89. The van der Waals surface area contributed by atoms with E-state index in [9.17, 15) is 0 Å². The Morgan fingerprint density at radius 2 is 2.07 bits per heavy atom. The highest BCUT2D eigenvalue weighted by molar-refractivity contribution is 4.81. The molecule has 1 aliphatic carbocycles. The van der Waals surface area contributed by atoms with Crippen LogP contribution in [-0.2, 0) is 4.74 Å². The van der Waals surface area contributed by atoms with Crippen LogP contribution < -0.4 is 5.32 Å². The molecule has 0 radical (unpaired) electrons. The van der Waals surface area contributed by atoms with Crippen LogP contribution in [0.15, 0.2) is 0 Å². The summed E-state index contributed by atoms with van der Waals surface area (Å²) in [5.41, 5.74) is 0. The quantitative estimate of drug-likeness (QED) is 0.732. The normalized spacial score (nSPS) is 31.8. The number of hydrogen-bond donors (Lipinski definition) is 1. The summed E-state index contributed by atoms with van der Waals surface area (Å²) < 4.78 is 5.36. The summed E-state index contributed by atoms with van der Waals surface area (Å²) in [4.78, 5) is 0. The van der Waals surface area contributed by atoms with E-state index in [0.29, 0.717) is 0 Å². The van der Waals surface area contributed by atoms with Gasteiger partial charge in [0.1, 0.15) is 0 Å². The summed E-state index contributed by atoms with van der Waals surface area (Å²) in [6.07, 6.45) is 6.95. The minimum atomic E-state index is 0.785. The maximum absolute atomic E-state index is 5.36. The molecule has 0 aromatic heterocycles. The first kappa shape index (κ1) is 13.0. The topological polar surface area (TPSA) is 21.3 Å². The van der Waals surface area contributed by atoms with Crippen molar-refractivity contribution < 1.29 is 4.74 Å². The summed E-state index contributed by atoms with van der Waals surface area (Å²) in [5.74, 6) is 2.58. The first-order valence-corrected chi connectivity index (χ1v) is 6.45.